The molecule has 4 heterocycles. The van der Waals surface area contributed by atoms with E-state index < -0.39 is 5.60 Å². The molecule has 3 N–H and O–H groups in total. The fraction of sp³-hybridized carbons (Fsp3) is 0.240. The molecular weight excluding hydrogens is 416 g/mol. The molecule has 0 radical (unpaired) electrons. The fourth-order valence-electron chi connectivity index (χ4n) is 4.15. The highest BCUT2D eigenvalue weighted by molar-refractivity contribution is 5.82. The Morgan fingerprint density at radius 1 is 1.21 bits per heavy atom. The number of rotatable bonds is 6. The average Bonchev–Trinajstić information content (AvgIpc) is 3.36. The van der Waals surface area contributed by atoms with Crippen LogP contribution in [0.5, 0.6) is 0 Å². The highest BCUT2D eigenvalue weighted by atomic mass is 16.3. The predicted octanol–water partition coefficient (Wildman–Crippen LogP) is 3.34. The Bertz CT molecular complexity index is 1430. The smallest absolute Gasteiger partial charge is 0.276 e. The Labute approximate surface area is 191 Å². The van der Waals surface area contributed by atoms with Crippen molar-refractivity contribution in [1.29, 1.82) is 0 Å². The van der Waals surface area contributed by atoms with E-state index in [0.29, 0.717) is 34.8 Å². The topological polar surface area (TPSA) is 97.0 Å². The standard InChI is InChI=1S/C25H26N6O2/c1-4-10-30-24(32)19-15-27-22(28-18-9-8-16-13-26-14-17(16)11-18)12-20(19)31(30)23-7-5-6-21(29-23)25(2,3)33/h4-9,11-12,15,26,33H,1,10,13-14H2,2-3H3,(H,27,28). The van der Waals surface area contributed by atoms with Gasteiger partial charge in [-0.05, 0) is 49.2 Å². The second-order valence-electron chi connectivity index (χ2n) is 8.73. The largest absolute Gasteiger partial charge is 0.384 e. The summed E-state index contributed by atoms with van der Waals surface area (Å²) in [5.41, 5.74) is 3.40. The molecule has 0 atom stereocenters. The number of hydrogen-bond donors (Lipinski definition) is 3. The summed E-state index contributed by atoms with van der Waals surface area (Å²) in [6, 6.07) is 13.5. The molecule has 33 heavy (non-hydrogen) atoms. The van der Waals surface area contributed by atoms with Gasteiger partial charge in [0.05, 0.1) is 23.1 Å². The minimum Gasteiger partial charge on any atom is -0.384 e. The Morgan fingerprint density at radius 3 is 2.82 bits per heavy atom. The molecule has 3 aromatic heterocycles. The molecule has 0 saturated carbocycles. The number of aromatic nitrogens is 4. The van der Waals surface area contributed by atoms with Crippen LogP contribution in [0.3, 0.4) is 0 Å². The summed E-state index contributed by atoms with van der Waals surface area (Å²) in [4.78, 5) is 22.3. The molecular formula is C25H26N6O2. The molecule has 0 saturated heterocycles. The van der Waals surface area contributed by atoms with Crippen LogP contribution in [0.2, 0.25) is 0 Å². The van der Waals surface area contributed by atoms with Crippen LogP contribution in [-0.4, -0.2) is 24.4 Å². The third-order valence-electron chi connectivity index (χ3n) is 5.81. The van der Waals surface area contributed by atoms with E-state index in [9.17, 15) is 9.90 Å². The molecule has 1 aliphatic rings. The van der Waals surface area contributed by atoms with Gasteiger partial charge in [-0.25, -0.2) is 19.3 Å². The van der Waals surface area contributed by atoms with Crippen molar-refractivity contribution in [2.75, 3.05) is 5.32 Å². The Kier molecular flexibility index (Phi) is 5.11. The van der Waals surface area contributed by atoms with E-state index in [4.69, 9.17) is 0 Å². The van der Waals surface area contributed by atoms with Crippen molar-refractivity contribution in [3.8, 4) is 5.82 Å². The average molecular weight is 443 g/mol. The van der Waals surface area contributed by atoms with Gasteiger partial charge in [-0.3, -0.25) is 4.79 Å². The lowest BCUT2D eigenvalue weighted by atomic mass is 10.1. The van der Waals surface area contributed by atoms with Crippen LogP contribution < -0.4 is 16.2 Å². The van der Waals surface area contributed by atoms with Crippen molar-refractivity contribution in [3.63, 3.8) is 0 Å². The van der Waals surface area contributed by atoms with E-state index in [0.717, 1.165) is 18.8 Å². The zero-order valence-electron chi connectivity index (χ0n) is 18.7. The van der Waals surface area contributed by atoms with Gasteiger partial charge in [-0.15, -0.1) is 6.58 Å². The molecule has 5 rings (SSSR count). The van der Waals surface area contributed by atoms with Crippen molar-refractivity contribution < 1.29 is 5.11 Å². The predicted molar refractivity (Wildman–Crippen MR) is 129 cm³/mol. The fourth-order valence-corrected chi connectivity index (χ4v) is 4.15. The number of nitrogens with one attached hydrogen (secondary N) is 2. The lowest BCUT2D eigenvalue weighted by Crippen LogP contribution is -2.23. The number of hydrogen-bond acceptors (Lipinski definition) is 6. The number of benzene rings is 1. The van der Waals surface area contributed by atoms with Crippen molar-refractivity contribution in [2.24, 2.45) is 0 Å². The molecule has 1 aromatic carbocycles. The van der Waals surface area contributed by atoms with Crippen molar-refractivity contribution >= 4 is 22.4 Å². The van der Waals surface area contributed by atoms with Gasteiger partial charge in [0.1, 0.15) is 11.4 Å². The molecule has 0 aliphatic carbocycles. The third kappa shape index (κ3) is 3.83. The lowest BCUT2D eigenvalue weighted by molar-refractivity contribution is 0.0738. The zero-order chi connectivity index (χ0) is 23.2. The van der Waals surface area contributed by atoms with Crippen LogP contribution in [0.4, 0.5) is 11.5 Å². The maximum Gasteiger partial charge on any atom is 0.276 e. The van der Waals surface area contributed by atoms with Crippen LogP contribution >= 0.6 is 0 Å². The van der Waals surface area contributed by atoms with Crippen LogP contribution in [0, 0.1) is 0 Å². The maximum absolute atomic E-state index is 13.1. The summed E-state index contributed by atoms with van der Waals surface area (Å²) in [6.45, 7) is 9.21. The van der Waals surface area contributed by atoms with Gasteiger partial charge in [0.15, 0.2) is 5.82 Å². The van der Waals surface area contributed by atoms with E-state index in [2.05, 4.69) is 39.3 Å². The summed E-state index contributed by atoms with van der Waals surface area (Å²) in [5, 5.41) is 17.6. The Morgan fingerprint density at radius 2 is 2.03 bits per heavy atom. The van der Waals surface area contributed by atoms with E-state index >= 15 is 0 Å². The maximum atomic E-state index is 13.1. The van der Waals surface area contributed by atoms with E-state index in [1.54, 1.807) is 41.6 Å². The minimum absolute atomic E-state index is 0.178. The van der Waals surface area contributed by atoms with Crippen LogP contribution in [0.25, 0.3) is 16.7 Å². The Balaban J connectivity index is 1.64. The number of fused-ring (bicyclic) bond motifs is 2. The Hall–Kier alpha value is -3.75. The first-order valence-corrected chi connectivity index (χ1v) is 10.9. The first-order valence-electron chi connectivity index (χ1n) is 10.9. The summed E-state index contributed by atoms with van der Waals surface area (Å²) in [7, 11) is 0. The van der Waals surface area contributed by atoms with Crippen molar-refractivity contribution in [2.45, 2.75) is 39.1 Å². The number of allylic oxidation sites excluding steroid dienone is 1. The highest BCUT2D eigenvalue weighted by Gasteiger charge is 2.21. The van der Waals surface area contributed by atoms with Crippen LogP contribution in [0.15, 0.2) is 66.1 Å². The van der Waals surface area contributed by atoms with Crippen LogP contribution in [0.1, 0.15) is 30.7 Å². The molecule has 168 valence electrons. The lowest BCUT2D eigenvalue weighted by Gasteiger charge is -2.18. The first-order chi connectivity index (χ1) is 15.8. The van der Waals surface area contributed by atoms with Gasteiger partial charge in [-0.2, -0.15) is 0 Å². The molecule has 8 heteroatoms. The normalized spacial score (nSPS) is 13.3. The third-order valence-corrected chi connectivity index (χ3v) is 5.81. The minimum atomic E-state index is -1.11. The summed E-state index contributed by atoms with van der Waals surface area (Å²) < 4.78 is 3.33. The highest BCUT2D eigenvalue weighted by Crippen LogP contribution is 2.25. The number of nitrogens with zero attached hydrogens (tertiary/aromatic N) is 4. The number of pyridine rings is 2. The molecule has 0 fully saturated rings. The van der Waals surface area contributed by atoms with Gasteiger partial charge < -0.3 is 15.7 Å². The molecule has 4 aromatic rings. The van der Waals surface area contributed by atoms with E-state index in [1.165, 1.54) is 11.1 Å². The monoisotopic (exact) mass is 442 g/mol. The number of anilines is 2. The molecule has 0 spiro atoms. The molecule has 8 nitrogen and oxygen atoms in total. The number of aliphatic hydroxyl groups is 1. The molecule has 1 aliphatic heterocycles. The van der Waals surface area contributed by atoms with Gasteiger partial charge in [0, 0.05) is 31.0 Å². The van der Waals surface area contributed by atoms with Crippen molar-refractivity contribution in [3.05, 3.63) is 88.5 Å². The van der Waals surface area contributed by atoms with Gasteiger partial charge in [0.25, 0.3) is 5.56 Å². The molecule has 0 bridgehead atoms. The summed E-state index contributed by atoms with van der Waals surface area (Å²) in [6.07, 6.45) is 3.26. The van der Waals surface area contributed by atoms with E-state index in [-0.39, 0.29) is 5.56 Å². The summed E-state index contributed by atoms with van der Waals surface area (Å²) >= 11 is 0. The zero-order valence-corrected chi connectivity index (χ0v) is 18.7. The molecule has 0 unspecified atom stereocenters. The van der Waals surface area contributed by atoms with Crippen molar-refractivity contribution in [1.82, 2.24) is 24.6 Å². The first kappa shape index (κ1) is 21.1. The SMILES string of the molecule is C=CCn1c(=O)c2cnc(Nc3ccc4c(c3)CNC4)cc2n1-c1cccc(C(C)(C)O)n1. The van der Waals surface area contributed by atoms with E-state index in [1.807, 2.05) is 24.3 Å². The molecule has 0 amide bonds. The van der Waals surface area contributed by atoms with Gasteiger partial charge in [-0.1, -0.05) is 18.2 Å². The van der Waals surface area contributed by atoms with Gasteiger partial charge in [0.2, 0.25) is 0 Å². The second-order valence-corrected chi connectivity index (χ2v) is 8.73. The second kappa shape index (κ2) is 7.99. The van der Waals surface area contributed by atoms with Crippen LogP contribution in [-0.2, 0) is 25.2 Å². The summed E-state index contributed by atoms with van der Waals surface area (Å²) in [5.74, 6) is 1.15. The quantitative estimate of drug-likeness (QED) is 0.396. The van der Waals surface area contributed by atoms with Gasteiger partial charge >= 0.3 is 0 Å².